The van der Waals surface area contributed by atoms with Crippen molar-refractivity contribution in [2.24, 2.45) is 21.8 Å². The summed E-state index contributed by atoms with van der Waals surface area (Å²) >= 11 is 0. The van der Waals surface area contributed by atoms with Gasteiger partial charge in [-0.25, -0.2) is 0 Å². The number of fused-ring (bicyclic) bond motifs is 2. The van der Waals surface area contributed by atoms with Gasteiger partial charge in [-0.05, 0) is 73.2 Å². The highest BCUT2D eigenvalue weighted by atomic mass is 16.4. The second-order valence-electron chi connectivity index (χ2n) is 11.6. The van der Waals surface area contributed by atoms with Crippen molar-refractivity contribution < 1.29 is 14.4 Å². The molecule has 0 aromatic rings. The van der Waals surface area contributed by atoms with Crippen molar-refractivity contribution in [3.05, 3.63) is 34.4 Å². The Morgan fingerprint density at radius 1 is 0.973 bits per heavy atom. The van der Waals surface area contributed by atoms with E-state index < -0.39 is 5.97 Å². The Hall–Kier alpha value is -2.01. The maximum atomic E-state index is 11.5. The lowest BCUT2D eigenvalue weighted by atomic mass is 9.73. The molecular weight excluding hydrogens is 458 g/mol. The predicted molar refractivity (Wildman–Crippen MR) is 154 cm³/mol. The van der Waals surface area contributed by atoms with E-state index in [1.165, 1.54) is 93.2 Å². The molecule has 1 unspecified atom stereocenters. The topological polar surface area (TPSA) is 64.8 Å². The Morgan fingerprint density at radius 3 is 2.05 bits per heavy atom. The van der Waals surface area contributed by atoms with Crippen LogP contribution in [-0.4, -0.2) is 61.1 Å². The van der Waals surface area contributed by atoms with Crippen LogP contribution in [0, 0.1) is 11.8 Å². The number of carbonyl (C=O) groups is 1. The average Bonchev–Trinajstić information content (AvgIpc) is 3.28. The number of allylic oxidation sites excluding steroid dienone is 3. The van der Waals surface area contributed by atoms with Crippen LogP contribution >= 0.6 is 0 Å². The van der Waals surface area contributed by atoms with Crippen molar-refractivity contribution in [1.82, 2.24) is 0 Å². The summed E-state index contributed by atoms with van der Waals surface area (Å²) in [6.45, 7) is 17.9. The third-order valence-electron chi connectivity index (χ3n) is 8.91. The zero-order valence-corrected chi connectivity index (χ0v) is 24.2. The van der Waals surface area contributed by atoms with Crippen LogP contribution in [0.2, 0.25) is 0 Å². The standard InChI is InChI=1S/C16H16N2O2.C16H36N/c1-8-10-4-13-12(16(19)20)6-11(8)15-9(2-3-17-13)7-18-14(15)5-10;1-5-9-13-17(14-10-6-2,15-11-7-3)16-12-8-4/h2-3,6,8,10,13H,4-5,7H2,1H3,(H,19,20);5-16H2,1-4H3/q;+1/p-1/t8?,10-,13+;/m1./s1. The first-order chi connectivity index (χ1) is 17.9. The van der Waals surface area contributed by atoms with Crippen molar-refractivity contribution in [3.8, 4) is 0 Å². The zero-order valence-electron chi connectivity index (χ0n) is 24.2. The minimum Gasteiger partial charge on any atom is -0.545 e. The van der Waals surface area contributed by atoms with Crippen molar-refractivity contribution in [2.45, 2.75) is 105 Å². The highest BCUT2D eigenvalue weighted by molar-refractivity contribution is 6.09. The van der Waals surface area contributed by atoms with Gasteiger partial charge in [-0.15, -0.1) is 0 Å². The molecule has 2 aliphatic heterocycles. The van der Waals surface area contributed by atoms with E-state index in [1.54, 1.807) is 6.21 Å². The molecule has 0 N–H and O–H groups in total. The van der Waals surface area contributed by atoms with E-state index in [2.05, 4.69) is 44.6 Å². The van der Waals surface area contributed by atoms with Crippen molar-refractivity contribution in [3.63, 3.8) is 0 Å². The maximum absolute atomic E-state index is 11.5. The molecule has 2 heterocycles. The molecule has 5 nitrogen and oxygen atoms in total. The molecule has 0 spiro atoms. The second-order valence-corrected chi connectivity index (χ2v) is 11.6. The molecule has 0 saturated carbocycles. The normalized spacial score (nSPS) is 23.9. The summed E-state index contributed by atoms with van der Waals surface area (Å²) in [7, 11) is 0. The first-order valence-electron chi connectivity index (χ1n) is 15.2. The monoisotopic (exact) mass is 509 g/mol. The predicted octanol–water partition coefficient (Wildman–Crippen LogP) is 5.86. The lowest BCUT2D eigenvalue weighted by Crippen LogP contribution is -2.50. The Morgan fingerprint density at radius 2 is 1.54 bits per heavy atom. The van der Waals surface area contributed by atoms with E-state index in [-0.39, 0.29) is 6.04 Å². The molecule has 0 amide bonds. The molecule has 4 rings (SSSR count). The Kier molecular flexibility index (Phi) is 11.4. The molecule has 2 aliphatic carbocycles. The minimum atomic E-state index is -1.10. The quantitative estimate of drug-likeness (QED) is 0.292. The molecule has 5 heteroatoms. The summed E-state index contributed by atoms with van der Waals surface area (Å²) < 4.78 is 1.42. The molecule has 0 saturated heterocycles. The number of quaternary nitrogens is 1. The molecule has 3 bridgehead atoms. The molecule has 0 aromatic carbocycles. The van der Waals surface area contributed by atoms with Crippen LogP contribution < -0.4 is 5.11 Å². The van der Waals surface area contributed by atoms with E-state index in [1.807, 2.05) is 12.2 Å². The van der Waals surface area contributed by atoms with Gasteiger partial charge in [0.05, 0.1) is 44.7 Å². The molecule has 3 atom stereocenters. The summed E-state index contributed by atoms with van der Waals surface area (Å²) in [6, 6.07) is -0.292. The zero-order chi connectivity index (χ0) is 26.8. The molecule has 0 fully saturated rings. The lowest BCUT2D eigenvalue weighted by molar-refractivity contribution is -0.929. The molecule has 206 valence electrons. The fourth-order valence-corrected chi connectivity index (χ4v) is 6.47. The number of hydrogen-bond acceptors (Lipinski definition) is 4. The average molecular weight is 510 g/mol. The van der Waals surface area contributed by atoms with E-state index in [0.717, 1.165) is 24.1 Å². The minimum absolute atomic E-state index is 0.292. The van der Waals surface area contributed by atoms with Gasteiger partial charge in [0, 0.05) is 17.5 Å². The number of carboxylic acid groups (broad SMARTS) is 1. The Balaban J connectivity index is 0.000000210. The van der Waals surface area contributed by atoms with Crippen LogP contribution in [-0.2, 0) is 4.79 Å². The van der Waals surface area contributed by atoms with Crippen LogP contribution in [0.5, 0.6) is 0 Å². The summed E-state index contributed by atoms with van der Waals surface area (Å²) in [5.41, 5.74) is 4.93. The third-order valence-corrected chi connectivity index (χ3v) is 8.91. The smallest absolute Gasteiger partial charge is 0.0786 e. The first kappa shape index (κ1) is 29.5. The molecule has 0 radical (unpaired) electrons. The molecule has 37 heavy (non-hydrogen) atoms. The van der Waals surface area contributed by atoms with Crippen LogP contribution in [0.25, 0.3) is 0 Å². The molecule has 0 aromatic heterocycles. The van der Waals surface area contributed by atoms with Crippen LogP contribution in [0.3, 0.4) is 0 Å². The number of rotatable bonds is 13. The van der Waals surface area contributed by atoms with Crippen molar-refractivity contribution in [1.29, 1.82) is 0 Å². The highest BCUT2D eigenvalue weighted by Crippen LogP contribution is 2.45. The van der Waals surface area contributed by atoms with Gasteiger partial charge in [0.1, 0.15) is 0 Å². The van der Waals surface area contributed by atoms with Crippen LogP contribution in [0.15, 0.2) is 44.4 Å². The van der Waals surface area contributed by atoms with Gasteiger partial charge in [0.25, 0.3) is 0 Å². The second kappa shape index (κ2) is 14.2. The lowest BCUT2D eigenvalue weighted by Gasteiger charge is -2.39. The molecular formula is C32H51N3O2. The number of aliphatic carboxylic acids is 1. The van der Waals surface area contributed by atoms with Crippen LogP contribution in [0.4, 0.5) is 0 Å². The van der Waals surface area contributed by atoms with Gasteiger partial charge < -0.3 is 14.4 Å². The summed E-state index contributed by atoms with van der Waals surface area (Å²) in [5.74, 6) is -0.321. The number of unbranched alkanes of at least 4 members (excludes halogenated alkanes) is 4. The van der Waals surface area contributed by atoms with E-state index in [9.17, 15) is 9.90 Å². The highest BCUT2D eigenvalue weighted by Gasteiger charge is 2.39. The fourth-order valence-electron chi connectivity index (χ4n) is 6.47. The van der Waals surface area contributed by atoms with Gasteiger partial charge in [-0.1, -0.05) is 66.4 Å². The van der Waals surface area contributed by atoms with Gasteiger partial charge in [0.2, 0.25) is 0 Å². The van der Waals surface area contributed by atoms with Gasteiger partial charge >= 0.3 is 0 Å². The number of carboxylic acids is 1. The summed E-state index contributed by atoms with van der Waals surface area (Å²) in [6.07, 6.45) is 18.3. The van der Waals surface area contributed by atoms with E-state index in [4.69, 9.17) is 0 Å². The van der Waals surface area contributed by atoms with Gasteiger partial charge in [-0.3, -0.25) is 9.98 Å². The SMILES string of the molecule is CC1C2=C3C4=CC=N[C@@H](C[C@@H]1CC3=NC4)C(C(=O)[O-])=C2.CCCC[N+](CCCC)(CCCC)CCCC. The van der Waals surface area contributed by atoms with E-state index in [0.29, 0.717) is 24.0 Å². The fraction of sp³-hybridized carbons (Fsp3) is 0.719. The van der Waals surface area contributed by atoms with Gasteiger partial charge in [-0.2, -0.15) is 0 Å². The van der Waals surface area contributed by atoms with Crippen LogP contribution in [0.1, 0.15) is 98.8 Å². The number of nitrogens with zero attached hydrogens (tertiary/aromatic N) is 3. The number of aliphatic imine (C=N–C) groups is 2. The van der Waals surface area contributed by atoms with Crippen molar-refractivity contribution in [2.75, 3.05) is 32.7 Å². The largest absolute Gasteiger partial charge is 0.545 e. The third kappa shape index (κ3) is 7.31. The van der Waals surface area contributed by atoms with Gasteiger partial charge in [0.15, 0.2) is 0 Å². The van der Waals surface area contributed by atoms with E-state index >= 15 is 0 Å². The summed E-state index contributed by atoms with van der Waals surface area (Å²) in [4.78, 5) is 20.6. The number of carbonyl (C=O) groups excluding carboxylic acids is 1. The maximum Gasteiger partial charge on any atom is 0.0786 e. The first-order valence-corrected chi connectivity index (χ1v) is 15.2. The Bertz CT molecular complexity index is 902. The molecule has 4 aliphatic rings. The Labute approximate surface area is 226 Å². The summed E-state index contributed by atoms with van der Waals surface area (Å²) in [5, 5.41) is 11.5. The number of hydrogen-bond donors (Lipinski definition) is 0. The van der Waals surface area contributed by atoms with Crippen molar-refractivity contribution >= 4 is 17.9 Å².